The first-order chi connectivity index (χ1) is 9.49. The minimum atomic E-state index is -0.820. The summed E-state index contributed by atoms with van der Waals surface area (Å²) in [4.78, 5) is 11.5. The molecular weight excluding hydrogens is 250 g/mol. The number of hydrogen-bond donors (Lipinski definition) is 1. The normalized spacial score (nSPS) is 14.6. The smallest absolute Gasteiger partial charge is 0.337 e. The van der Waals surface area contributed by atoms with Gasteiger partial charge >= 0.3 is 5.97 Å². The van der Waals surface area contributed by atoms with Gasteiger partial charge in [-0.1, -0.05) is 17.7 Å². The highest BCUT2D eigenvalue weighted by Crippen LogP contribution is 2.44. The van der Waals surface area contributed by atoms with E-state index in [0.717, 1.165) is 29.8 Å². The van der Waals surface area contributed by atoms with Gasteiger partial charge in [0.2, 0.25) is 0 Å². The minimum absolute atomic E-state index is 0.421. The molecule has 0 spiro atoms. The summed E-state index contributed by atoms with van der Waals surface area (Å²) in [5, 5.41) is 9.44. The average Bonchev–Trinajstić information content (AvgIpc) is 3.16. The van der Waals surface area contributed by atoms with E-state index in [9.17, 15) is 9.90 Å². The van der Waals surface area contributed by atoms with Crippen molar-refractivity contribution in [3.05, 3.63) is 46.6 Å². The molecule has 1 aliphatic rings. The summed E-state index contributed by atoms with van der Waals surface area (Å²) in [6, 6.07) is 8.14. The first-order valence-electron chi connectivity index (χ1n) is 6.99. The van der Waals surface area contributed by atoms with Crippen LogP contribution in [0.2, 0.25) is 0 Å². The first-order valence-corrected chi connectivity index (χ1v) is 6.99. The summed E-state index contributed by atoms with van der Waals surface area (Å²) in [7, 11) is 1.98. The van der Waals surface area contributed by atoms with Crippen molar-refractivity contribution >= 4 is 5.97 Å². The number of nitrogens with zero attached hydrogens (tertiary/aromatic N) is 1. The molecule has 3 nitrogen and oxygen atoms in total. The number of benzene rings is 1. The quantitative estimate of drug-likeness (QED) is 0.918. The Labute approximate surface area is 118 Å². The van der Waals surface area contributed by atoms with Gasteiger partial charge in [-0.25, -0.2) is 4.79 Å². The standard InChI is InChI=1S/C17H19NO2/c1-10-4-5-11(2)13(8-10)15-9-14(17(19)20)16(18(15)3)12-6-7-12/h4-5,8-9,12H,6-7H2,1-3H3,(H,19,20). The van der Waals surface area contributed by atoms with Crippen LogP contribution in [0.5, 0.6) is 0 Å². The minimum Gasteiger partial charge on any atom is -0.478 e. The number of aromatic nitrogens is 1. The fraction of sp³-hybridized carbons (Fsp3) is 0.353. The molecule has 0 saturated heterocycles. The lowest BCUT2D eigenvalue weighted by molar-refractivity contribution is 0.0695. The molecule has 0 unspecified atom stereocenters. The van der Waals surface area contributed by atoms with Gasteiger partial charge in [0.05, 0.1) is 5.56 Å². The average molecular weight is 269 g/mol. The Morgan fingerprint density at radius 2 is 1.95 bits per heavy atom. The number of carboxylic acid groups (broad SMARTS) is 1. The molecule has 1 fully saturated rings. The van der Waals surface area contributed by atoms with Crippen molar-refractivity contribution in [3.8, 4) is 11.3 Å². The predicted molar refractivity (Wildman–Crippen MR) is 79.3 cm³/mol. The third-order valence-electron chi connectivity index (χ3n) is 4.14. The van der Waals surface area contributed by atoms with Crippen molar-refractivity contribution in [2.24, 2.45) is 7.05 Å². The van der Waals surface area contributed by atoms with Crippen molar-refractivity contribution in [1.82, 2.24) is 4.57 Å². The molecule has 0 bridgehead atoms. The molecule has 0 atom stereocenters. The summed E-state index contributed by atoms with van der Waals surface area (Å²) in [6.07, 6.45) is 2.20. The first kappa shape index (κ1) is 13.0. The lowest BCUT2D eigenvalue weighted by Crippen LogP contribution is -2.03. The summed E-state index contributed by atoms with van der Waals surface area (Å²) >= 11 is 0. The zero-order valence-corrected chi connectivity index (χ0v) is 12.1. The van der Waals surface area contributed by atoms with Crippen molar-refractivity contribution in [2.75, 3.05) is 0 Å². The van der Waals surface area contributed by atoms with E-state index >= 15 is 0 Å². The van der Waals surface area contributed by atoms with E-state index < -0.39 is 5.97 Å². The fourth-order valence-electron chi connectivity index (χ4n) is 2.91. The molecule has 1 N–H and O–H groups in total. The van der Waals surface area contributed by atoms with Gasteiger partial charge in [0.25, 0.3) is 0 Å². The molecule has 1 aromatic heterocycles. The SMILES string of the molecule is Cc1ccc(C)c(-c2cc(C(=O)O)c(C3CC3)n2C)c1. The Morgan fingerprint density at radius 3 is 2.55 bits per heavy atom. The van der Waals surface area contributed by atoms with Crippen LogP contribution in [0.4, 0.5) is 0 Å². The van der Waals surface area contributed by atoms with E-state index in [1.807, 2.05) is 13.1 Å². The molecule has 0 radical (unpaired) electrons. The third kappa shape index (κ3) is 2.03. The van der Waals surface area contributed by atoms with Crippen LogP contribution in [0, 0.1) is 13.8 Å². The molecule has 0 amide bonds. The summed E-state index contributed by atoms with van der Waals surface area (Å²) < 4.78 is 2.07. The maximum Gasteiger partial charge on any atom is 0.337 e. The topological polar surface area (TPSA) is 42.2 Å². The largest absolute Gasteiger partial charge is 0.478 e. The number of hydrogen-bond acceptors (Lipinski definition) is 1. The Bertz CT molecular complexity index is 693. The number of carboxylic acids is 1. The van der Waals surface area contributed by atoms with Crippen LogP contribution in [-0.4, -0.2) is 15.6 Å². The van der Waals surface area contributed by atoms with E-state index in [-0.39, 0.29) is 0 Å². The Hall–Kier alpha value is -2.03. The molecule has 3 rings (SSSR count). The highest BCUT2D eigenvalue weighted by Gasteiger charge is 2.32. The van der Waals surface area contributed by atoms with Gasteiger partial charge < -0.3 is 9.67 Å². The molecule has 2 aromatic rings. The number of aromatic carboxylic acids is 1. The number of rotatable bonds is 3. The molecule has 1 aliphatic carbocycles. The molecule has 20 heavy (non-hydrogen) atoms. The zero-order valence-electron chi connectivity index (χ0n) is 12.1. The predicted octanol–water partition coefficient (Wildman–Crippen LogP) is 3.88. The van der Waals surface area contributed by atoms with Crippen molar-refractivity contribution < 1.29 is 9.90 Å². The lowest BCUT2D eigenvalue weighted by atomic mass is 10.0. The summed E-state index contributed by atoms with van der Waals surface area (Å²) in [5.41, 5.74) is 5.94. The Morgan fingerprint density at radius 1 is 1.25 bits per heavy atom. The van der Waals surface area contributed by atoms with Crippen LogP contribution in [0.3, 0.4) is 0 Å². The van der Waals surface area contributed by atoms with Crippen LogP contribution in [0.25, 0.3) is 11.3 Å². The van der Waals surface area contributed by atoms with Crippen molar-refractivity contribution in [2.45, 2.75) is 32.6 Å². The maximum absolute atomic E-state index is 11.5. The van der Waals surface area contributed by atoms with Crippen LogP contribution in [0.15, 0.2) is 24.3 Å². The van der Waals surface area contributed by atoms with Gasteiger partial charge in [0.15, 0.2) is 0 Å². The third-order valence-corrected chi connectivity index (χ3v) is 4.14. The Kier molecular flexibility index (Phi) is 2.93. The monoisotopic (exact) mass is 269 g/mol. The second-order valence-corrected chi connectivity index (χ2v) is 5.79. The molecule has 0 aliphatic heterocycles. The van der Waals surface area contributed by atoms with E-state index in [4.69, 9.17) is 0 Å². The second kappa shape index (κ2) is 4.51. The van der Waals surface area contributed by atoms with Gasteiger partial charge in [0, 0.05) is 29.9 Å². The molecule has 1 heterocycles. The van der Waals surface area contributed by atoms with E-state index in [1.165, 1.54) is 11.1 Å². The van der Waals surface area contributed by atoms with Gasteiger partial charge in [-0.3, -0.25) is 0 Å². The highest BCUT2D eigenvalue weighted by molar-refractivity contribution is 5.92. The molecule has 1 aromatic carbocycles. The lowest BCUT2D eigenvalue weighted by Gasteiger charge is -2.10. The van der Waals surface area contributed by atoms with Crippen LogP contribution in [0.1, 0.15) is 45.9 Å². The number of aryl methyl sites for hydroxylation is 2. The zero-order chi connectivity index (χ0) is 14.4. The highest BCUT2D eigenvalue weighted by atomic mass is 16.4. The van der Waals surface area contributed by atoms with Gasteiger partial charge in [-0.15, -0.1) is 0 Å². The maximum atomic E-state index is 11.5. The Balaban J connectivity index is 2.21. The molecule has 1 saturated carbocycles. The van der Waals surface area contributed by atoms with Crippen molar-refractivity contribution in [3.63, 3.8) is 0 Å². The van der Waals surface area contributed by atoms with E-state index in [2.05, 4.69) is 36.6 Å². The van der Waals surface area contributed by atoms with Gasteiger partial charge in [-0.2, -0.15) is 0 Å². The van der Waals surface area contributed by atoms with Crippen molar-refractivity contribution in [1.29, 1.82) is 0 Å². The van der Waals surface area contributed by atoms with Gasteiger partial charge in [0.1, 0.15) is 0 Å². The van der Waals surface area contributed by atoms with Crippen LogP contribution in [-0.2, 0) is 7.05 Å². The number of carbonyl (C=O) groups is 1. The van der Waals surface area contributed by atoms with Crippen LogP contribution < -0.4 is 0 Å². The van der Waals surface area contributed by atoms with E-state index in [1.54, 1.807) is 0 Å². The molecular formula is C17H19NO2. The second-order valence-electron chi connectivity index (χ2n) is 5.79. The summed E-state index contributed by atoms with van der Waals surface area (Å²) in [6.45, 7) is 4.13. The summed E-state index contributed by atoms with van der Waals surface area (Å²) in [5.74, 6) is -0.399. The van der Waals surface area contributed by atoms with Crippen LogP contribution >= 0.6 is 0 Å². The molecule has 3 heteroatoms. The molecule has 104 valence electrons. The van der Waals surface area contributed by atoms with E-state index in [0.29, 0.717) is 11.5 Å². The fourth-order valence-corrected chi connectivity index (χ4v) is 2.91. The van der Waals surface area contributed by atoms with Gasteiger partial charge in [-0.05, 0) is 44.4 Å².